The molecule has 0 radical (unpaired) electrons. The molecule has 0 bridgehead atoms. The Kier molecular flexibility index (Phi) is 3.60. The van der Waals surface area contributed by atoms with Gasteiger partial charge < -0.3 is 4.74 Å². The summed E-state index contributed by atoms with van der Waals surface area (Å²) in [7, 11) is -1.98. The molecule has 0 saturated heterocycles. The summed E-state index contributed by atoms with van der Waals surface area (Å²) in [4.78, 5) is 0.301. The highest BCUT2D eigenvalue weighted by Gasteiger charge is 2.34. The molecular formula is C17H19NO3S. The predicted octanol–water partition coefficient (Wildman–Crippen LogP) is 3.32. The number of hydrogen-bond acceptors (Lipinski definition) is 3. The highest BCUT2D eigenvalue weighted by Crippen LogP contribution is 2.39. The average Bonchev–Trinajstić information content (AvgIpc) is 2.85. The van der Waals surface area contributed by atoms with E-state index in [4.69, 9.17) is 4.74 Å². The maximum absolute atomic E-state index is 13.0. The van der Waals surface area contributed by atoms with Gasteiger partial charge in [0.25, 0.3) is 10.0 Å². The van der Waals surface area contributed by atoms with Gasteiger partial charge in [0.1, 0.15) is 5.75 Å². The van der Waals surface area contributed by atoms with Gasteiger partial charge in [-0.3, -0.25) is 4.31 Å². The van der Waals surface area contributed by atoms with Crippen LogP contribution in [0.1, 0.15) is 24.0 Å². The lowest BCUT2D eigenvalue weighted by molar-refractivity contribution is 0.411. The largest absolute Gasteiger partial charge is 0.496 e. The topological polar surface area (TPSA) is 46.6 Å². The maximum Gasteiger partial charge on any atom is 0.264 e. The fourth-order valence-electron chi connectivity index (χ4n) is 2.94. The molecule has 0 amide bonds. The van der Waals surface area contributed by atoms with E-state index in [1.54, 1.807) is 25.3 Å². The van der Waals surface area contributed by atoms with Crippen molar-refractivity contribution in [2.75, 3.05) is 18.0 Å². The van der Waals surface area contributed by atoms with E-state index in [0.29, 0.717) is 17.2 Å². The second-order valence-electron chi connectivity index (χ2n) is 5.63. The fourth-order valence-corrected chi connectivity index (χ4v) is 4.61. The molecular weight excluding hydrogens is 298 g/mol. The second-order valence-corrected chi connectivity index (χ2v) is 7.49. The number of fused-ring (bicyclic) bond motifs is 1. The van der Waals surface area contributed by atoms with Gasteiger partial charge in [-0.15, -0.1) is 0 Å². The minimum atomic E-state index is -3.55. The van der Waals surface area contributed by atoms with Gasteiger partial charge in [-0.05, 0) is 42.3 Å². The summed E-state index contributed by atoms with van der Waals surface area (Å²) in [6, 6.07) is 12.7. The van der Waals surface area contributed by atoms with E-state index in [1.165, 1.54) is 4.31 Å². The first kappa shape index (κ1) is 14.9. The molecule has 116 valence electrons. The Morgan fingerprint density at radius 2 is 1.91 bits per heavy atom. The van der Waals surface area contributed by atoms with Gasteiger partial charge in [0.15, 0.2) is 0 Å². The van der Waals surface area contributed by atoms with Crippen LogP contribution >= 0.6 is 0 Å². The summed E-state index contributed by atoms with van der Waals surface area (Å²) in [6.07, 6.45) is 0. The first-order valence-corrected chi connectivity index (χ1v) is 8.65. The van der Waals surface area contributed by atoms with Crippen LogP contribution in [0.5, 0.6) is 5.75 Å². The Morgan fingerprint density at radius 1 is 1.18 bits per heavy atom. The number of hydrogen-bond donors (Lipinski definition) is 0. The number of benzene rings is 2. The zero-order valence-electron chi connectivity index (χ0n) is 12.9. The van der Waals surface area contributed by atoms with Gasteiger partial charge in [0.05, 0.1) is 17.7 Å². The summed E-state index contributed by atoms with van der Waals surface area (Å²) in [5, 5.41) is 0. The van der Waals surface area contributed by atoms with E-state index in [9.17, 15) is 8.42 Å². The number of methoxy groups -OCH3 is 1. The molecule has 3 rings (SSSR count). The van der Waals surface area contributed by atoms with E-state index < -0.39 is 10.0 Å². The van der Waals surface area contributed by atoms with E-state index in [2.05, 4.69) is 0 Å². The van der Waals surface area contributed by atoms with Crippen molar-refractivity contribution < 1.29 is 13.2 Å². The van der Waals surface area contributed by atoms with Gasteiger partial charge in [-0.1, -0.05) is 25.1 Å². The first-order valence-electron chi connectivity index (χ1n) is 7.21. The molecule has 1 unspecified atom stereocenters. The number of ether oxygens (including phenoxy) is 1. The summed E-state index contributed by atoms with van der Waals surface area (Å²) < 4.78 is 32.7. The molecule has 0 fully saturated rings. The van der Waals surface area contributed by atoms with Crippen LogP contribution in [0.4, 0.5) is 5.69 Å². The third-order valence-electron chi connectivity index (χ3n) is 4.13. The first-order chi connectivity index (χ1) is 10.4. The standard InChI is InChI=1S/C17H19NO3S/c1-12-10-14(8-9-17(12)21-3)22(19,20)18-11-13(2)15-6-4-5-7-16(15)18/h4-10,13H,11H2,1-3H3. The second kappa shape index (κ2) is 5.32. The molecule has 5 heteroatoms. The molecule has 1 atom stereocenters. The number of sulfonamides is 1. The van der Waals surface area contributed by atoms with Crippen LogP contribution in [0.25, 0.3) is 0 Å². The number of aryl methyl sites for hydroxylation is 1. The lowest BCUT2D eigenvalue weighted by Gasteiger charge is -2.20. The average molecular weight is 317 g/mol. The van der Waals surface area contributed by atoms with Crippen molar-refractivity contribution in [2.45, 2.75) is 24.7 Å². The summed E-state index contributed by atoms with van der Waals surface area (Å²) >= 11 is 0. The Bertz CT molecular complexity index is 814. The molecule has 0 N–H and O–H groups in total. The van der Waals surface area contributed by atoms with Crippen molar-refractivity contribution in [1.29, 1.82) is 0 Å². The van der Waals surface area contributed by atoms with Crippen LogP contribution in [-0.4, -0.2) is 22.1 Å². The fraction of sp³-hybridized carbons (Fsp3) is 0.294. The molecule has 0 saturated carbocycles. The minimum Gasteiger partial charge on any atom is -0.496 e. The smallest absolute Gasteiger partial charge is 0.264 e. The van der Waals surface area contributed by atoms with Crippen LogP contribution < -0.4 is 9.04 Å². The highest BCUT2D eigenvalue weighted by molar-refractivity contribution is 7.92. The molecule has 2 aromatic rings. The van der Waals surface area contributed by atoms with Crippen molar-refractivity contribution in [2.24, 2.45) is 0 Å². The van der Waals surface area contributed by atoms with Crippen molar-refractivity contribution in [3.05, 3.63) is 53.6 Å². The molecule has 0 aromatic heterocycles. The van der Waals surface area contributed by atoms with Gasteiger partial charge in [0, 0.05) is 12.5 Å². The van der Waals surface area contributed by atoms with Gasteiger partial charge in [-0.2, -0.15) is 0 Å². The van der Waals surface area contributed by atoms with Crippen LogP contribution in [0, 0.1) is 6.92 Å². The van der Waals surface area contributed by atoms with Crippen molar-refractivity contribution in [3.8, 4) is 5.75 Å². The summed E-state index contributed by atoms with van der Waals surface area (Å²) in [5.41, 5.74) is 2.67. The number of anilines is 1. The maximum atomic E-state index is 13.0. The van der Waals surface area contributed by atoms with Crippen molar-refractivity contribution in [1.82, 2.24) is 0 Å². The molecule has 2 aromatic carbocycles. The SMILES string of the molecule is COc1ccc(S(=O)(=O)N2CC(C)c3ccccc32)cc1C. The van der Waals surface area contributed by atoms with Crippen LogP contribution in [0.15, 0.2) is 47.4 Å². The number of nitrogens with zero attached hydrogens (tertiary/aromatic N) is 1. The highest BCUT2D eigenvalue weighted by atomic mass is 32.2. The molecule has 22 heavy (non-hydrogen) atoms. The molecule has 1 aliphatic heterocycles. The molecule has 1 aliphatic rings. The molecule has 4 nitrogen and oxygen atoms in total. The van der Waals surface area contributed by atoms with Gasteiger partial charge in [-0.25, -0.2) is 8.42 Å². The van der Waals surface area contributed by atoms with Crippen LogP contribution in [-0.2, 0) is 10.0 Å². The van der Waals surface area contributed by atoms with Crippen molar-refractivity contribution >= 4 is 15.7 Å². The lowest BCUT2D eigenvalue weighted by atomic mass is 10.0. The third-order valence-corrected chi connectivity index (χ3v) is 5.91. The van der Waals surface area contributed by atoms with Crippen molar-refractivity contribution in [3.63, 3.8) is 0 Å². The Balaban J connectivity index is 2.06. The monoisotopic (exact) mass is 317 g/mol. The van der Waals surface area contributed by atoms with E-state index in [1.807, 2.05) is 38.1 Å². The lowest BCUT2D eigenvalue weighted by Crippen LogP contribution is -2.29. The predicted molar refractivity (Wildman–Crippen MR) is 87.1 cm³/mol. The van der Waals surface area contributed by atoms with E-state index in [-0.39, 0.29) is 5.92 Å². The zero-order valence-corrected chi connectivity index (χ0v) is 13.7. The molecule has 1 heterocycles. The number of para-hydroxylation sites is 1. The van der Waals surface area contributed by atoms with Crippen LogP contribution in [0.3, 0.4) is 0 Å². The summed E-state index contributed by atoms with van der Waals surface area (Å²) in [5.74, 6) is 0.888. The normalized spacial score (nSPS) is 17.4. The zero-order chi connectivity index (χ0) is 15.9. The summed E-state index contributed by atoms with van der Waals surface area (Å²) in [6.45, 7) is 4.37. The van der Waals surface area contributed by atoms with E-state index >= 15 is 0 Å². The minimum absolute atomic E-state index is 0.199. The third kappa shape index (κ3) is 2.25. The van der Waals surface area contributed by atoms with E-state index in [0.717, 1.165) is 16.8 Å². The van der Waals surface area contributed by atoms with Gasteiger partial charge in [0.2, 0.25) is 0 Å². The van der Waals surface area contributed by atoms with Gasteiger partial charge >= 0.3 is 0 Å². The Hall–Kier alpha value is -2.01. The van der Waals surface area contributed by atoms with Crippen LogP contribution in [0.2, 0.25) is 0 Å². The Labute approximate surface area is 131 Å². The number of rotatable bonds is 3. The molecule has 0 aliphatic carbocycles. The quantitative estimate of drug-likeness (QED) is 0.872. The molecule has 0 spiro atoms. The Morgan fingerprint density at radius 3 is 2.59 bits per heavy atom.